The van der Waals surface area contributed by atoms with E-state index in [9.17, 15) is 43.9 Å². The van der Waals surface area contributed by atoms with E-state index in [0.717, 1.165) is 5.32 Å². The number of hydrogen-bond donors (Lipinski definition) is 1. The molecule has 0 aromatic heterocycles. The molecule has 0 aliphatic rings. The summed E-state index contributed by atoms with van der Waals surface area (Å²) in [6.45, 7) is 0. The van der Waals surface area contributed by atoms with E-state index in [1.165, 1.54) is 0 Å². The van der Waals surface area contributed by atoms with Gasteiger partial charge in [-0.1, -0.05) is 0 Å². The van der Waals surface area contributed by atoms with Gasteiger partial charge < -0.3 is 5.32 Å². The summed E-state index contributed by atoms with van der Waals surface area (Å²) < 4.78 is 131. The van der Waals surface area contributed by atoms with E-state index < -0.39 is 69.5 Å². The molecule has 0 radical (unpaired) electrons. The van der Waals surface area contributed by atoms with Crippen molar-refractivity contribution >= 4 is 11.4 Å². The van der Waals surface area contributed by atoms with E-state index in [0.29, 0.717) is 0 Å². The fourth-order valence-electron chi connectivity index (χ4n) is 1.55. The monoisotopic (exact) mass is 349 g/mol. The van der Waals surface area contributed by atoms with Crippen LogP contribution in [0.25, 0.3) is 0 Å². The van der Waals surface area contributed by atoms with Gasteiger partial charge in [-0.3, -0.25) is 0 Å². The summed E-state index contributed by atoms with van der Waals surface area (Å²) >= 11 is 0. The second-order valence-electron chi connectivity index (χ2n) is 4.01. The number of anilines is 2. The van der Waals surface area contributed by atoms with Gasteiger partial charge in [0.2, 0.25) is 11.6 Å². The molecule has 0 spiro atoms. The molecule has 124 valence electrons. The predicted molar refractivity (Wildman–Crippen MR) is 55.7 cm³/mol. The second kappa shape index (κ2) is 5.63. The minimum absolute atomic E-state index is 1.00. The summed E-state index contributed by atoms with van der Waals surface area (Å²) in [6.07, 6.45) is 0. The first-order valence-corrected chi connectivity index (χ1v) is 5.39. The van der Waals surface area contributed by atoms with Crippen molar-refractivity contribution < 1.29 is 43.9 Å². The molecule has 0 aliphatic carbocycles. The highest BCUT2D eigenvalue weighted by Crippen LogP contribution is 2.34. The Bertz CT molecular complexity index is 691. The Labute approximate surface area is 120 Å². The maximum absolute atomic E-state index is 13.3. The summed E-state index contributed by atoms with van der Waals surface area (Å²) in [5.74, 6) is -25.2. The highest BCUT2D eigenvalue weighted by atomic mass is 19.2. The molecule has 0 fully saturated rings. The molecular formula is C12HF10N. The molecule has 0 saturated carbocycles. The largest absolute Gasteiger partial charge is 0.346 e. The molecule has 11 heteroatoms. The average Bonchev–Trinajstić information content (AvgIpc) is 2.54. The third-order valence-corrected chi connectivity index (χ3v) is 2.67. The fourth-order valence-corrected chi connectivity index (χ4v) is 1.55. The van der Waals surface area contributed by atoms with Crippen molar-refractivity contribution in [1.29, 1.82) is 0 Å². The Morgan fingerprint density at radius 2 is 0.478 bits per heavy atom. The zero-order chi connectivity index (χ0) is 17.6. The van der Waals surface area contributed by atoms with Gasteiger partial charge in [0, 0.05) is 0 Å². The topological polar surface area (TPSA) is 12.0 Å². The van der Waals surface area contributed by atoms with Gasteiger partial charge in [-0.2, -0.15) is 0 Å². The highest BCUT2D eigenvalue weighted by Gasteiger charge is 2.30. The molecule has 0 heterocycles. The molecule has 2 rings (SSSR count). The third kappa shape index (κ3) is 2.45. The van der Waals surface area contributed by atoms with Crippen molar-refractivity contribution in [3.63, 3.8) is 0 Å². The van der Waals surface area contributed by atoms with E-state index in [1.54, 1.807) is 0 Å². The molecular weight excluding hydrogens is 348 g/mol. The standard InChI is InChI=1S/C12HF10N/c13-1-3(15)7(19)11(8(20)4(1)16)23-12-9(21)5(17)2(14)6(18)10(12)22/h23H. The second-order valence-corrected chi connectivity index (χ2v) is 4.01. The van der Waals surface area contributed by atoms with E-state index in [1.807, 2.05) is 0 Å². The van der Waals surface area contributed by atoms with Crippen molar-refractivity contribution in [3.05, 3.63) is 58.2 Å². The lowest BCUT2D eigenvalue weighted by Gasteiger charge is -2.13. The molecule has 23 heavy (non-hydrogen) atoms. The fraction of sp³-hybridized carbons (Fsp3) is 0. The maximum atomic E-state index is 13.3. The Morgan fingerprint density at radius 3 is 0.696 bits per heavy atom. The van der Waals surface area contributed by atoms with Crippen LogP contribution in [0.5, 0.6) is 0 Å². The average molecular weight is 349 g/mol. The van der Waals surface area contributed by atoms with Crippen LogP contribution >= 0.6 is 0 Å². The SMILES string of the molecule is Fc1c(F)c(F)c(Nc2c(F)c(F)c(F)c(F)c2F)c(F)c1F. The maximum Gasteiger partial charge on any atom is 0.200 e. The Morgan fingerprint density at radius 1 is 0.304 bits per heavy atom. The van der Waals surface area contributed by atoms with Crippen molar-refractivity contribution in [2.45, 2.75) is 0 Å². The van der Waals surface area contributed by atoms with Crippen LogP contribution in [-0.2, 0) is 0 Å². The van der Waals surface area contributed by atoms with Gasteiger partial charge in [0.1, 0.15) is 11.4 Å². The van der Waals surface area contributed by atoms with Crippen molar-refractivity contribution in [1.82, 2.24) is 0 Å². The number of hydrogen-bond acceptors (Lipinski definition) is 1. The van der Waals surface area contributed by atoms with E-state index in [-0.39, 0.29) is 0 Å². The zero-order valence-electron chi connectivity index (χ0n) is 10.3. The lowest BCUT2D eigenvalue weighted by Crippen LogP contribution is -2.11. The smallest absolute Gasteiger partial charge is 0.200 e. The first-order valence-electron chi connectivity index (χ1n) is 5.39. The highest BCUT2D eigenvalue weighted by molar-refractivity contribution is 5.63. The lowest BCUT2D eigenvalue weighted by atomic mass is 10.2. The van der Waals surface area contributed by atoms with Crippen LogP contribution < -0.4 is 5.32 Å². The Balaban J connectivity index is 2.71. The van der Waals surface area contributed by atoms with E-state index in [2.05, 4.69) is 0 Å². The van der Waals surface area contributed by atoms with Gasteiger partial charge in [-0.05, 0) is 0 Å². The zero-order valence-corrected chi connectivity index (χ0v) is 10.3. The number of halogens is 10. The Hall–Kier alpha value is -2.46. The van der Waals surface area contributed by atoms with Gasteiger partial charge in [0.15, 0.2) is 46.5 Å². The Kier molecular flexibility index (Phi) is 4.14. The quantitative estimate of drug-likeness (QED) is 0.466. The minimum atomic E-state index is -2.57. The van der Waals surface area contributed by atoms with Gasteiger partial charge in [-0.25, -0.2) is 43.9 Å². The molecule has 1 nitrogen and oxygen atoms in total. The minimum Gasteiger partial charge on any atom is -0.346 e. The summed E-state index contributed by atoms with van der Waals surface area (Å²) in [7, 11) is 0. The van der Waals surface area contributed by atoms with Crippen molar-refractivity contribution in [3.8, 4) is 0 Å². The summed E-state index contributed by atoms with van der Waals surface area (Å²) in [6, 6.07) is 0. The van der Waals surface area contributed by atoms with Crippen LogP contribution in [0.1, 0.15) is 0 Å². The van der Waals surface area contributed by atoms with Gasteiger partial charge in [0.25, 0.3) is 0 Å². The third-order valence-electron chi connectivity index (χ3n) is 2.67. The summed E-state index contributed by atoms with van der Waals surface area (Å²) in [5, 5.41) is 1.00. The van der Waals surface area contributed by atoms with E-state index in [4.69, 9.17) is 0 Å². The first kappa shape index (κ1) is 16.9. The number of rotatable bonds is 2. The number of benzene rings is 2. The molecule has 0 amide bonds. The predicted octanol–water partition coefficient (Wildman–Crippen LogP) is 4.82. The molecule has 0 unspecified atom stereocenters. The van der Waals surface area contributed by atoms with Crippen LogP contribution in [-0.4, -0.2) is 0 Å². The molecule has 2 aromatic rings. The normalized spacial score (nSPS) is 11.0. The summed E-state index contributed by atoms with van der Waals surface area (Å²) in [5.41, 5.74) is -3.96. The number of nitrogens with one attached hydrogen (secondary N) is 1. The van der Waals surface area contributed by atoms with Gasteiger partial charge >= 0.3 is 0 Å². The molecule has 0 saturated heterocycles. The molecule has 2 aromatic carbocycles. The summed E-state index contributed by atoms with van der Waals surface area (Å²) in [4.78, 5) is 0. The molecule has 0 bridgehead atoms. The van der Waals surface area contributed by atoms with Crippen LogP contribution in [0, 0.1) is 58.2 Å². The molecule has 1 N–H and O–H groups in total. The van der Waals surface area contributed by atoms with Crippen LogP contribution in [0.4, 0.5) is 55.3 Å². The van der Waals surface area contributed by atoms with Crippen molar-refractivity contribution in [2.75, 3.05) is 5.32 Å². The lowest BCUT2D eigenvalue weighted by molar-refractivity contribution is 0.378. The van der Waals surface area contributed by atoms with Crippen LogP contribution in [0.3, 0.4) is 0 Å². The van der Waals surface area contributed by atoms with Crippen molar-refractivity contribution in [2.24, 2.45) is 0 Å². The van der Waals surface area contributed by atoms with Crippen LogP contribution in [0.2, 0.25) is 0 Å². The molecule has 0 aliphatic heterocycles. The van der Waals surface area contributed by atoms with Gasteiger partial charge in [-0.15, -0.1) is 0 Å². The van der Waals surface area contributed by atoms with E-state index >= 15 is 0 Å². The van der Waals surface area contributed by atoms with Gasteiger partial charge in [0.05, 0.1) is 0 Å². The molecule has 0 atom stereocenters. The van der Waals surface area contributed by atoms with Crippen LogP contribution in [0.15, 0.2) is 0 Å². The first-order chi connectivity index (χ1) is 10.6.